The molecule has 1 fully saturated rings. The minimum absolute atomic E-state index is 0.109. The third kappa shape index (κ3) is 2.47. The highest BCUT2D eigenvalue weighted by Crippen LogP contribution is 2.70. The van der Waals surface area contributed by atoms with Crippen molar-refractivity contribution in [1.82, 2.24) is 20.8 Å². The highest BCUT2D eigenvalue weighted by Gasteiger charge is 2.73. The fraction of sp³-hybridized carbons (Fsp3) is 0.364. The molecule has 2 aliphatic rings. The number of hydrogen-bond acceptors (Lipinski definition) is 5. The molecule has 0 radical (unpaired) electrons. The van der Waals surface area contributed by atoms with E-state index in [1.165, 1.54) is 12.3 Å². The fourth-order valence-corrected chi connectivity index (χ4v) is 5.61. The summed E-state index contributed by atoms with van der Waals surface area (Å²) in [4.78, 5) is 35.6. The van der Waals surface area contributed by atoms with Gasteiger partial charge in [0.15, 0.2) is 5.76 Å². The average molecular weight is 459 g/mol. The number of furan rings is 1. The summed E-state index contributed by atoms with van der Waals surface area (Å²) in [5.41, 5.74) is 5.88. The molecule has 0 saturated heterocycles. The normalized spacial score (nSPS) is 25.5. The lowest BCUT2D eigenvalue weighted by atomic mass is 9.63. The third-order valence-corrected chi connectivity index (χ3v) is 8.22. The Morgan fingerprint density at radius 2 is 1.65 bits per heavy atom. The number of aromatic nitrogens is 2. The minimum atomic E-state index is -0.958. The molecule has 0 aliphatic heterocycles. The Morgan fingerprint density at radius 1 is 1.00 bits per heavy atom. The quantitative estimate of drug-likeness (QED) is 0.557. The van der Waals surface area contributed by atoms with Crippen molar-refractivity contribution < 1.29 is 14.0 Å². The van der Waals surface area contributed by atoms with Gasteiger partial charge in [-0.2, -0.15) is 0 Å². The van der Waals surface area contributed by atoms with E-state index in [2.05, 4.69) is 31.6 Å². The van der Waals surface area contributed by atoms with Gasteiger partial charge < -0.3 is 4.42 Å². The first-order valence-electron chi connectivity index (χ1n) is 9.94. The minimum Gasteiger partial charge on any atom is -0.459 e. The summed E-state index contributed by atoms with van der Waals surface area (Å²) in [5, 5.41) is 0.783. The van der Waals surface area contributed by atoms with Crippen LogP contribution in [0.4, 0.5) is 0 Å². The Kier molecular flexibility index (Phi) is 4.21. The van der Waals surface area contributed by atoms with Crippen LogP contribution in [0.1, 0.15) is 55.6 Å². The zero-order chi connectivity index (χ0) is 22.2. The number of nitrogens with zero attached hydrogens (tertiary/aromatic N) is 2. The Labute approximate surface area is 188 Å². The maximum Gasteiger partial charge on any atom is 0.305 e. The van der Waals surface area contributed by atoms with Crippen LogP contribution in [-0.4, -0.2) is 21.8 Å². The second-order valence-corrected chi connectivity index (χ2v) is 9.74. The van der Waals surface area contributed by atoms with Gasteiger partial charge in [0.1, 0.15) is 5.41 Å². The van der Waals surface area contributed by atoms with E-state index in [1.807, 2.05) is 0 Å². The molecule has 2 atom stereocenters. The average Bonchev–Trinajstić information content (AvgIpc) is 3.36. The van der Waals surface area contributed by atoms with Gasteiger partial charge in [-0.25, -0.2) is 9.97 Å². The van der Waals surface area contributed by atoms with Crippen LogP contribution in [0, 0.1) is 5.41 Å². The largest absolute Gasteiger partial charge is 0.459 e. The fourth-order valence-electron chi connectivity index (χ4n) is 5.29. The Morgan fingerprint density at radius 3 is 2.26 bits per heavy atom. The first-order valence-corrected chi connectivity index (χ1v) is 10.7. The zero-order valence-electron chi connectivity index (χ0n) is 17.2. The van der Waals surface area contributed by atoms with Crippen LogP contribution in [0.25, 0.3) is 11.0 Å². The van der Waals surface area contributed by atoms with Gasteiger partial charge in [0.25, 0.3) is 5.91 Å². The number of amides is 2. The number of fused-ring (bicyclic) bond motifs is 6. The second kappa shape index (κ2) is 6.43. The molecule has 0 spiro atoms. The van der Waals surface area contributed by atoms with E-state index in [-0.39, 0.29) is 17.1 Å². The van der Waals surface area contributed by atoms with Gasteiger partial charge in [-0.1, -0.05) is 44.0 Å². The molecular formula is C22H20Cl2N4O3. The lowest BCUT2D eigenvalue weighted by Crippen LogP contribution is -2.55. The summed E-state index contributed by atoms with van der Waals surface area (Å²) in [5.74, 6) is -0.747. The first-order chi connectivity index (χ1) is 14.6. The van der Waals surface area contributed by atoms with Crippen molar-refractivity contribution in [2.75, 3.05) is 0 Å². The number of benzene rings is 1. The summed E-state index contributed by atoms with van der Waals surface area (Å²) in [6.45, 7) is 6.23. The summed E-state index contributed by atoms with van der Waals surface area (Å²) >= 11 is 12.4. The molecule has 2 amide bonds. The van der Waals surface area contributed by atoms with E-state index in [4.69, 9.17) is 37.6 Å². The standard InChI is InChI=1S/C22H20Cl2N4O3/c1-20(2)21(3)6-7-22(20,19(30)28-27-18(29)15-5-4-8-31-15)17-16(21)25-13-9-11(23)12(24)10-14(13)26-17/h4-5,8-10H,6-7H2,1-3H3,(H,27,29)(H,28,30). The van der Waals surface area contributed by atoms with Crippen LogP contribution >= 0.6 is 23.2 Å². The molecule has 1 saturated carbocycles. The van der Waals surface area contributed by atoms with E-state index < -0.39 is 16.7 Å². The zero-order valence-corrected chi connectivity index (χ0v) is 18.7. The number of nitrogens with one attached hydrogen (secondary N) is 2. The van der Waals surface area contributed by atoms with Crippen molar-refractivity contribution in [2.24, 2.45) is 5.41 Å². The summed E-state index contributed by atoms with van der Waals surface area (Å²) < 4.78 is 5.09. The second-order valence-electron chi connectivity index (χ2n) is 8.92. The van der Waals surface area contributed by atoms with Crippen LogP contribution in [0.5, 0.6) is 0 Å². The lowest BCUT2D eigenvalue weighted by molar-refractivity contribution is -0.131. The molecule has 160 valence electrons. The molecule has 2 aliphatic carbocycles. The number of hydrogen-bond donors (Lipinski definition) is 2. The van der Waals surface area contributed by atoms with Crippen molar-refractivity contribution in [3.8, 4) is 0 Å². The molecule has 2 N–H and O–H groups in total. The van der Waals surface area contributed by atoms with Gasteiger partial charge in [0, 0.05) is 5.41 Å². The Hall–Kier alpha value is -2.64. The van der Waals surface area contributed by atoms with E-state index in [9.17, 15) is 9.59 Å². The smallest absolute Gasteiger partial charge is 0.305 e. The summed E-state index contributed by atoms with van der Waals surface area (Å²) in [7, 11) is 0. The van der Waals surface area contributed by atoms with Crippen molar-refractivity contribution >= 4 is 46.0 Å². The number of hydrazine groups is 1. The van der Waals surface area contributed by atoms with E-state index in [0.29, 0.717) is 33.2 Å². The summed E-state index contributed by atoms with van der Waals surface area (Å²) in [6.07, 6.45) is 2.76. The van der Waals surface area contributed by atoms with Crippen LogP contribution in [0.3, 0.4) is 0 Å². The van der Waals surface area contributed by atoms with Crippen LogP contribution in [-0.2, 0) is 15.6 Å². The maximum atomic E-state index is 13.6. The predicted molar refractivity (Wildman–Crippen MR) is 116 cm³/mol. The number of halogens is 2. The number of carbonyl (C=O) groups excluding carboxylic acids is 2. The predicted octanol–water partition coefficient (Wildman–Crippen LogP) is 4.32. The molecule has 2 unspecified atom stereocenters. The van der Waals surface area contributed by atoms with Crippen molar-refractivity contribution in [3.05, 3.63) is 57.7 Å². The first kappa shape index (κ1) is 20.3. The van der Waals surface area contributed by atoms with Gasteiger partial charge in [-0.3, -0.25) is 20.4 Å². The van der Waals surface area contributed by atoms with E-state index in [1.54, 1.807) is 18.2 Å². The molecular weight excluding hydrogens is 439 g/mol. The van der Waals surface area contributed by atoms with Gasteiger partial charge in [0.05, 0.1) is 38.7 Å². The molecule has 1 aromatic carbocycles. The topological polar surface area (TPSA) is 97.1 Å². The highest BCUT2D eigenvalue weighted by atomic mass is 35.5. The highest BCUT2D eigenvalue weighted by molar-refractivity contribution is 6.42. The van der Waals surface area contributed by atoms with Gasteiger partial charge in [-0.05, 0) is 42.5 Å². The third-order valence-electron chi connectivity index (χ3n) is 7.50. The molecule has 2 bridgehead atoms. The van der Waals surface area contributed by atoms with E-state index >= 15 is 0 Å². The molecule has 3 aromatic rings. The number of carbonyl (C=O) groups is 2. The lowest BCUT2D eigenvalue weighted by Gasteiger charge is -2.39. The van der Waals surface area contributed by atoms with Crippen molar-refractivity contribution in [1.29, 1.82) is 0 Å². The molecule has 9 heteroatoms. The van der Waals surface area contributed by atoms with Gasteiger partial charge >= 0.3 is 5.91 Å². The van der Waals surface area contributed by atoms with E-state index in [0.717, 1.165) is 12.1 Å². The summed E-state index contributed by atoms with van der Waals surface area (Å²) in [6, 6.07) is 6.49. The van der Waals surface area contributed by atoms with Crippen LogP contribution in [0.2, 0.25) is 10.0 Å². The molecule has 2 aromatic heterocycles. The Bertz CT molecular complexity index is 1260. The molecule has 2 heterocycles. The molecule has 7 nitrogen and oxygen atoms in total. The van der Waals surface area contributed by atoms with Crippen molar-refractivity contribution in [3.63, 3.8) is 0 Å². The maximum absolute atomic E-state index is 13.6. The van der Waals surface area contributed by atoms with Crippen LogP contribution < -0.4 is 10.9 Å². The molecule has 5 rings (SSSR count). The SMILES string of the molecule is CC12CCC(C(=O)NNC(=O)c3ccco3)(c3nc4cc(Cl)c(Cl)cc4nc31)C2(C)C. The molecule has 31 heavy (non-hydrogen) atoms. The number of rotatable bonds is 2. The Balaban J connectivity index is 1.60. The van der Waals surface area contributed by atoms with Gasteiger partial charge in [0.2, 0.25) is 0 Å². The van der Waals surface area contributed by atoms with Crippen LogP contribution in [0.15, 0.2) is 34.9 Å². The van der Waals surface area contributed by atoms with Crippen molar-refractivity contribution in [2.45, 2.75) is 44.4 Å². The monoisotopic (exact) mass is 458 g/mol. The van der Waals surface area contributed by atoms with Gasteiger partial charge in [-0.15, -0.1) is 0 Å².